The van der Waals surface area contributed by atoms with Gasteiger partial charge in [0.2, 0.25) is 5.96 Å². The highest BCUT2D eigenvalue weighted by molar-refractivity contribution is 7.98. The van der Waals surface area contributed by atoms with Crippen molar-refractivity contribution in [2.45, 2.75) is 30.7 Å². The number of nitrogens with one attached hydrogen (secondary N) is 2. The largest absolute Gasteiger partial charge is 0.377 e. The second-order valence-electron chi connectivity index (χ2n) is 7.64. The molecular formula is C22H23N5OS. The molecule has 0 aliphatic carbocycles. The van der Waals surface area contributed by atoms with Crippen molar-refractivity contribution in [2.24, 2.45) is 4.40 Å². The Kier molecular flexibility index (Phi) is 4.77. The SMILES string of the molecule is CC(C)c1ccc(NC2=NSc3cccc(-c4cnn(C5COC5)c4)c3N2)cc1. The van der Waals surface area contributed by atoms with Crippen LogP contribution < -0.4 is 10.6 Å². The molecule has 148 valence electrons. The van der Waals surface area contributed by atoms with Crippen molar-refractivity contribution in [1.82, 2.24) is 9.78 Å². The molecule has 2 aliphatic rings. The van der Waals surface area contributed by atoms with Gasteiger partial charge in [-0.3, -0.25) is 4.68 Å². The first-order valence-electron chi connectivity index (χ1n) is 9.81. The first-order valence-corrected chi connectivity index (χ1v) is 10.6. The highest BCUT2D eigenvalue weighted by atomic mass is 32.2. The summed E-state index contributed by atoms with van der Waals surface area (Å²) in [5.74, 6) is 1.25. The Balaban J connectivity index is 1.37. The van der Waals surface area contributed by atoms with E-state index in [-0.39, 0.29) is 0 Å². The second-order valence-corrected chi connectivity index (χ2v) is 8.44. The molecule has 0 spiro atoms. The highest BCUT2D eigenvalue weighted by Crippen LogP contribution is 2.39. The smallest absolute Gasteiger partial charge is 0.212 e. The van der Waals surface area contributed by atoms with Crippen molar-refractivity contribution in [3.63, 3.8) is 0 Å². The first kappa shape index (κ1) is 18.3. The van der Waals surface area contributed by atoms with Crippen LogP contribution in [0.15, 0.2) is 64.2 Å². The number of hydrogen-bond donors (Lipinski definition) is 2. The predicted octanol–water partition coefficient (Wildman–Crippen LogP) is 5.15. The van der Waals surface area contributed by atoms with Crippen LogP contribution in [0, 0.1) is 0 Å². The molecule has 7 heteroatoms. The lowest BCUT2D eigenvalue weighted by Gasteiger charge is -2.26. The van der Waals surface area contributed by atoms with Crippen LogP contribution in [0.2, 0.25) is 0 Å². The lowest BCUT2D eigenvalue weighted by molar-refractivity contribution is -0.0286. The fraction of sp³-hybridized carbons (Fsp3) is 0.273. The molecule has 2 N–H and O–H groups in total. The van der Waals surface area contributed by atoms with Gasteiger partial charge >= 0.3 is 0 Å². The molecule has 0 atom stereocenters. The molecule has 3 aromatic rings. The van der Waals surface area contributed by atoms with E-state index in [4.69, 9.17) is 4.74 Å². The maximum absolute atomic E-state index is 5.29. The zero-order valence-corrected chi connectivity index (χ0v) is 17.2. The third-order valence-corrected chi connectivity index (χ3v) is 6.06. The van der Waals surface area contributed by atoms with E-state index < -0.39 is 0 Å². The summed E-state index contributed by atoms with van der Waals surface area (Å²) >= 11 is 1.48. The van der Waals surface area contributed by atoms with Crippen LogP contribution in [0.1, 0.15) is 31.4 Å². The Hall–Kier alpha value is -2.77. The lowest BCUT2D eigenvalue weighted by atomic mass is 10.0. The number of nitrogens with zero attached hydrogens (tertiary/aromatic N) is 3. The van der Waals surface area contributed by atoms with E-state index in [2.05, 4.69) is 82.6 Å². The summed E-state index contributed by atoms with van der Waals surface area (Å²) in [6.07, 6.45) is 4.02. The van der Waals surface area contributed by atoms with Crippen LogP contribution >= 0.6 is 11.9 Å². The number of anilines is 2. The van der Waals surface area contributed by atoms with Gasteiger partial charge in [0.15, 0.2) is 0 Å². The summed E-state index contributed by atoms with van der Waals surface area (Å²) in [7, 11) is 0. The molecule has 1 saturated heterocycles. The Morgan fingerprint density at radius 2 is 2.00 bits per heavy atom. The van der Waals surface area contributed by atoms with Gasteiger partial charge in [0.1, 0.15) is 0 Å². The predicted molar refractivity (Wildman–Crippen MR) is 119 cm³/mol. The molecule has 5 rings (SSSR count). The van der Waals surface area contributed by atoms with Gasteiger partial charge in [-0.15, -0.1) is 0 Å². The molecule has 0 bridgehead atoms. The number of ether oxygens (including phenoxy) is 1. The summed E-state index contributed by atoms with van der Waals surface area (Å²) in [4.78, 5) is 1.10. The highest BCUT2D eigenvalue weighted by Gasteiger charge is 2.23. The molecule has 0 radical (unpaired) electrons. The number of rotatable bonds is 4. The van der Waals surface area contributed by atoms with E-state index in [9.17, 15) is 0 Å². The number of benzene rings is 2. The summed E-state index contributed by atoms with van der Waals surface area (Å²) < 4.78 is 11.9. The lowest BCUT2D eigenvalue weighted by Crippen LogP contribution is -2.30. The number of guanidine groups is 1. The van der Waals surface area contributed by atoms with Crippen molar-refractivity contribution < 1.29 is 4.74 Å². The molecule has 2 aliphatic heterocycles. The third kappa shape index (κ3) is 3.63. The monoisotopic (exact) mass is 405 g/mol. The number of hydrogen-bond acceptors (Lipinski definition) is 6. The minimum Gasteiger partial charge on any atom is -0.377 e. The molecule has 2 aromatic carbocycles. The van der Waals surface area contributed by atoms with Crippen molar-refractivity contribution in [1.29, 1.82) is 0 Å². The second kappa shape index (κ2) is 7.57. The fourth-order valence-electron chi connectivity index (χ4n) is 3.41. The zero-order valence-electron chi connectivity index (χ0n) is 16.4. The Morgan fingerprint density at radius 1 is 1.17 bits per heavy atom. The topological polar surface area (TPSA) is 63.5 Å². The van der Waals surface area contributed by atoms with E-state index in [0.29, 0.717) is 12.0 Å². The van der Waals surface area contributed by atoms with Gasteiger partial charge in [-0.25, -0.2) is 0 Å². The maximum Gasteiger partial charge on any atom is 0.212 e. The summed E-state index contributed by atoms with van der Waals surface area (Å²) in [6.45, 7) is 5.87. The normalized spacial score (nSPS) is 16.0. The number of aromatic nitrogens is 2. The van der Waals surface area contributed by atoms with Gasteiger partial charge in [0.05, 0.1) is 36.0 Å². The van der Waals surface area contributed by atoms with Gasteiger partial charge in [-0.05, 0) is 29.7 Å². The van der Waals surface area contributed by atoms with Gasteiger partial charge in [-0.2, -0.15) is 9.50 Å². The van der Waals surface area contributed by atoms with E-state index >= 15 is 0 Å². The van der Waals surface area contributed by atoms with Crippen LogP contribution in [0.3, 0.4) is 0 Å². The van der Waals surface area contributed by atoms with Gasteiger partial charge < -0.3 is 15.4 Å². The van der Waals surface area contributed by atoms with Crippen molar-refractivity contribution in [3.8, 4) is 11.1 Å². The minimum absolute atomic E-state index is 0.346. The molecule has 6 nitrogen and oxygen atoms in total. The van der Waals surface area contributed by atoms with Gasteiger partial charge in [0.25, 0.3) is 0 Å². The average molecular weight is 406 g/mol. The third-order valence-electron chi connectivity index (χ3n) is 5.25. The first-order chi connectivity index (χ1) is 14.2. The Morgan fingerprint density at radius 3 is 2.72 bits per heavy atom. The summed E-state index contributed by atoms with van der Waals surface area (Å²) in [5, 5.41) is 11.4. The molecule has 1 fully saturated rings. The maximum atomic E-state index is 5.29. The molecule has 0 saturated carbocycles. The van der Waals surface area contributed by atoms with Crippen LogP contribution in [0.25, 0.3) is 11.1 Å². The molecular weight excluding hydrogens is 382 g/mol. The Labute approximate surface area is 174 Å². The Bertz CT molecular complexity index is 1050. The van der Waals surface area contributed by atoms with E-state index in [1.807, 2.05) is 10.9 Å². The molecule has 0 unspecified atom stereocenters. The minimum atomic E-state index is 0.346. The van der Waals surface area contributed by atoms with Crippen LogP contribution in [0.4, 0.5) is 11.4 Å². The van der Waals surface area contributed by atoms with E-state index in [1.54, 1.807) is 0 Å². The van der Waals surface area contributed by atoms with Crippen molar-refractivity contribution >= 4 is 29.3 Å². The quantitative estimate of drug-likeness (QED) is 0.588. The molecule has 0 amide bonds. The molecule has 29 heavy (non-hydrogen) atoms. The standard InChI is InChI=1S/C22H23N5OS/c1-14(2)15-6-8-17(9-7-15)24-22-25-21-19(4-3-5-20(21)29-26-22)16-10-23-27(11-16)18-12-28-13-18/h3-11,14,18H,12-13H2,1-2H3,(H2,24,25,26). The zero-order chi connectivity index (χ0) is 19.8. The fourth-order valence-corrected chi connectivity index (χ4v) is 4.08. The van der Waals surface area contributed by atoms with Crippen LogP contribution in [0.5, 0.6) is 0 Å². The van der Waals surface area contributed by atoms with E-state index in [1.165, 1.54) is 17.5 Å². The number of para-hydroxylation sites is 1. The summed E-state index contributed by atoms with van der Waals surface area (Å²) in [5.41, 5.74) is 5.60. The molecule has 3 heterocycles. The average Bonchev–Trinajstić information content (AvgIpc) is 3.15. The number of fused-ring (bicyclic) bond motifs is 1. The van der Waals surface area contributed by atoms with Gasteiger partial charge in [-0.1, -0.05) is 38.1 Å². The van der Waals surface area contributed by atoms with Crippen LogP contribution in [-0.2, 0) is 4.74 Å². The van der Waals surface area contributed by atoms with Crippen molar-refractivity contribution in [3.05, 3.63) is 60.4 Å². The van der Waals surface area contributed by atoms with Gasteiger partial charge in [0, 0.05) is 35.0 Å². The summed E-state index contributed by atoms with van der Waals surface area (Å²) in [6, 6.07) is 15.1. The van der Waals surface area contributed by atoms with E-state index in [0.717, 1.165) is 46.6 Å². The molecule has 1 aromatic heterocycles. The van der Waals surface area contributed by atoms with Crippen molar-refractivity contribution in [2.75, 3.05) is 23.8 Å². The van der Waals surface area contributed by atoms with Crippen LogP contribution in [-0.4, -0.2) is 29.0 Å².